The number of rotatable bonds is 4. The molecule has 0 atom stereocenters. The number of carbonyl (C=O) groups excluding carboxylic acids is 1. The molecule has 2 fully saturated rings. The van der Waals surface area contributed by atoms with Crippen LogP contribution < -0.4 is 0 Å². The van der Waals surface area contributed by atoms with Crippen LogP contribution in [0.1, 0.15) is 19.3 Å². The summed E-state index contributed by atoms with van der Waals surface area (Å²) in [5.41, 5.74) is -0.239. The first-order chi connectivity index (χ1) is 7.99. The molecule has 2 aliphatic rings. The van der Waals surface area contributed by atoms with E-state index in [0.717, 1.165) is 19.3 Å². The first-order valence-electron chi connectivity index (χ1n) is 5.98. The SMILES string of the molecule is COCCC1(C(=O)N2CCS(=O)(=O)CC2)CC1. The number of nitrogens with zero attached hydrogens (tertiary/aromatic N) is 1. The summed E-state index contributed by atoms with van der Waals surface area (Å²) < 4.78 is 27.6. The molecule has 0 unspecified atom stereocenters. The van der Waals surface area contributed by atoms with Gasteiger partial charge in [-0.1, -0.05) is 0 Å². The van der Waals surface area contributed by atoms with Crippen molar-refractivity contribution in [3.05, 3.63) is 0 Å². The van der Waals surface area contributed by atoms with Crippen molar-refractivity contribution in [1.29, 1.82) is 0 Å². The smallest absolute Gasteiger partial charge is 0.228 e. The van der Waals surface area contributed by atoms with Crippen molar-refractivity contribution in [2.75, 3.05) is 38.3 Å². The first kappa shape index (κ1) is 12.8. The third kappa shape index (κ3) is 2.80. The summed E-state index contributed by atoms with van der Waals surface area (Å²) in [5.74, 6) is 0.350. The number of amides is 1. The van der Waals surface area contributed by atoms with E-state index in [0.29, 0.717) is 19.7 Å². The Morgan fingerprint density at radius 3 is 2.35 bits per heavy atom. The molecular weight excluding hydrogens is 242 g/mol. The minimum absolute atomic E-state index is 0.110. The summed E-state index contributed by atoms with van der Waals surface area (Å²) in [6, 6.07) is 0. The van der Waals surface area contributed by atoms with E-state index in [9.17, 15) is 13.2 Å². The van der Waals surface area contributed by atoms with Crippen LogP contribution in [0.3, 0.4) is 0 Å². The lowest BCUT2D eigenvalue weighted by Gasteiger charge is -2.30. The average Bonchev–Trinajstić information content (AvgIpc) is 3.07. The number of ether oxygens (including phenoxy) is 1. The van der Waals surface area contributed by atoms with Crippen LogP contribution in [0.15, 0.2) is 0 Å². The fourth-order valence-electron chi connectivity index (χ4n) is 2.27. The summed E-state index contributed by atoms with van der Waals surface area (Å²) in [7, 11) is -1.28. The van der Waals surface area contributed by atoms with Crippen molar-refractivity contribution < 1.29 is 17.9 Å². The van der Waals surface area contributed by atoms with Gasteiger partial charge in [-0.25, -0.2) is 8.42 Å². The van der Waals surface area contributed by atoms with Crippen LogP contribution in [0.4, 0.5) is 0 Å². The van der Waals surface area contributed by atoms with Crippen LogP contribution >= 0.6 is 0 Å². The normalized spacial score (nSPS) is 25.6. The van der Waals surface area contributed by atoms with Gasteiger partial charge in [-0.15, -0.1) is 0 Å². The van der Waals surface area contributed by atoms with Crippen molar-refractivity contribution >= 4 is 15.7 Å². The molecule has 6 heteroatoms. The number of sulfone groups is 1. The van der Waals surface area contributed by atoms with E-state index in [1.807, 2.05) is 0 Å². The van der Waals surface area contributed by atoms with Gasteiger partial charge in [0, 0.05) is 26.8 Å². The molecule has 0 N–H and O–H groups in total. The second kappa shape index (κ2) is 4.57. The van der Waals surface area contributed by atoms with Gasteiger partial charge in [-0.3, -0.25) is 4.79 Å². The van der Waals surface area contributed by atoms with Gasteiger partial charge in [0.15, 0.2) is 9.84 Å². The van der Waals surface area contributed by atoms with Gasteiger partial charge in [-0.2, -0.15) is 0 Å². The molecule has 0 aromatic carbocycles. The molecule has 1 aliphatic carbocycles. The minimum atomic E-state index is -2.91. The van der Waals surface area contributed by atoms with Crippen LogP contribution in [-0.4, -0.2) is 57.5 Å². The zero-order valence-electron chi connectivity index (χ0n) is 10.1. The highest BCUT2D eigenvalue weighted by molar-refractivity contribution is 7.91. The van der Waals surface area contributed by atoms with Gasteiger partial charge in [0.25, 0.3) is 0 Å². The van der Waals surface area contributed by atoms with Crippen molar-refractivity contribution in [1.82, 2.24) is 4.90 Å². The van der Waals surface area contributed by atoms with Crippen molar-refractivity contribution in [3.63, 3.8) is 0 Å². The Morgan fingerprint density at radius 2 is 1.88 bits per heavy atom. The maximum Gasteiger partial charge on any atom is 0.228 e. The average molecular weight is 261 g/mol. The first-order valence-corrected chi connectivity index (χ1v) is 7.80. The second-order valence-corrected chi connectivity index (χ2v) is 7.27. The van der Waals surface area contributed by atoms with E-state index in [4.69, 9.17) is 4.74 Å². The summed E-state index contributed by atoms with van der Waals surface area (Å²) in [4.78, 5) is 14.0. The molecule has 2 rings (SSSR count). The van der Waals surface area contributed by atoms with Gasteiger partial charge in [-0.05, 0) is 19.3 Å². The van der Waals surface area contributed by atoms with E-state index in [2.05, 4.69) is 0 Å². The van der Waals surface area contributed by atoms with Gasteiger partial charge in [0.05, 0.1) is 16.9 Å². The quantitative estimate of drug-likeness (QED) is 0.718. The third-order valence-corrected chi connectivity index (χ3v) is 5.33. The highest BCUT2D eigenvalue weighted by atomic mass is 32.2. The van der Waals surface area contributed by atoms with Crippen molar-refractivity contribution in [2.24, 2.45) is 5.41 Å². The molecule has 1 amide bonds. The number of hydrogen-bond donors (Lipinski definition) is 0. The topological polar surface area (TPSA) is 63.7 Å². The fraction of sp³-hybridized carbons (Fsp3) is 0.909. The van der Waals surface area contributed by atoms with Crippen molar-refractivity contribution in [3.8, 4) is 0 Å². The van der Waals surface area contributed by atoms with Crippen molar-refractivity contribution in [2.45, 2.75) is 19.3 Å². The van der Waals surface area contributed by atoms with Crippen LogP contribution in [0, 0.1) is 5.41 Å². The Kier molecular flexibility index (Phi) is 3.45. The maximum absolute atomic E-state index is 12.3. The molecule has 5 nitrogen and oxygen atoms in total. The molecule has 1 saturated heterocycles. The van der Waals surface area contributed by atoms with E-state index in [1.54, 1.807) is 12.0 Å². The monoisotopic (exact) mass is 261 g/mol. The number of carbonyl (C=O) groups is 1. The highest BCUT2D eigenvalue weighted by Gasteiger charge is 2.51. The molecule has 1 saturated carbocycles. The van der Waals surface area contributed by atoms with Gasteiger partial charge in [0.1, 0.15) is 0 Å². The van der Waals surface area contributed by atoms with E-state index in [-0.39, 0.29) is 22.8 Å². The Hall–Kier alpha value is -0.620. The Bertz CT molecular complexity index is 386. The lowest BCUT2D eigenvalue weighted by atomic mass is 10.0. The van der Waals surface area contributed by atoms with Crippen LogP contribution in [0.2, 0.25) is 0 Å². The molecule has 0 bridgehead atoms. The molecule has 0 aromatic rings. The van der Waals surface area contributed by atoms with Crippen LogP contribution in [0.5, 0.6) is 0 Å². The van der Waals surface area contributed by atoms with Crippen LogP contribution in [-0.2, 0) is 19.4 Å². The van der Waals surface area contributed by atoms with E-state index >= 15 is 0 Å². The van der Waals surface area contributed by atoms with E-state index in [1.165, 1.54) is 0 Å². The molecule has 98 valence electrons. The standard InChI is InChI=1S/C11H19NO4S/c1-16-7-4-11(2-3-11)10(13)12-5-8-17(14,15)9-6-12/h2-9H2,1H3. The zero-order chi connectivity index (χ0) is 12.5. The summed E-state index contributed by atoms with van der Waals surface area (Å²) in [6.07, 6.45) is 2.59. The predicted octanol–water partition coefficient (Wildman–Crippen LogP) is 0.0601. The van der Waals surface area contributed by atoms with E-state index < -0.39 is 9.84 Å². The minimum Gasteiger partial charge on any atom is -0.385 e. The van der Waals surface area contributed by atoms with Gasteiger partial charge >= 0.3 is 0 Å². The fourth-order valence-corrected chi connectivity index (χ4v) is 3.47. The third-order valence-electron chi connectivity index (χ3n) is 3.72. The molecule has 0 spiro atoms. The lowest BCUT2D eigenvalue weighted by Crippen LogP contribution is -2.47. The van der Waals surface area contributed by atoms with Crippen LogP contribution in [0.25, 0.3) is 0 Å². The molecule has 1 aliphatic heterocycles. The summed E-state index contributed by atoms with van der Waals surface area (Å²) in [5, 5.41) is 0. The predicted molar refractivity (Wildman–Crippen MR) is 63.4 cm³/mol. The summed E-state index contributed by atoms with van der Waals surface area (Å²) in [6.45, 7) is 1.31. The lowest BCUT2D eigenvalue weighted by molar-refractivity contribution is -0.137. The Labute approximate surface area is 102 Å². The highest BCUT2D eigenvalue weighted by Crippen LogP contribution is 2.50. The molecule has 17 heavy (non-hydrogen) atoms. The number of methoxy groups -OCH3 is 1. The molecule has 0 radical (unpaired) electrons. The van der Waals surface area contributed by atoms with Gasteiger partial charge in [0.2, 0.25) is 5.91 Å². The Morgan fingerprint density at radius 1 is 1.29 bits per heavy atom. The maximum atomic E-state index is 12.3. The second-order valence-electron chi connectivity index (χ2n) is 4.97. The zero-order valence-corrected chi connectivity index (χ0v) is 11.0. The Balaban J connectivity index is 1.93. The largest absolute Gasteiger partial charge is 0.385 e. The van der Waals surface area contributed by atoms with Gasteiger partial charge < -0.3 is 9.64 Å². The molecule has 1 heterocycles. The molecular formula is C11H19NO4S. The number of hydrogen-bond acceptors (Lipinski definition) is 4. The summed E-state index contributed by atoms with van der Waals surface area (Å²) >= 11 is 0. The molecule has 0 aromatic heterocycles.